The summed E-state index contributed by atoms with van der Waals surface area (Å²) in [4.78, 5) is 4.16. The minimum absolute atomic E-state index is 0.138. The fraction of sp³-hybridized carbons (Fsp3) is 0.222. The zero-order chi connectivity index (χ0) is 9.26. The zero-order valence-electron chi connectivity index (χ0n) is 7.18. The highest BCUT2D eigenvalue weighted by Gasteiger charge is 2.05. The molecule has 0 bridgehead atoms. The molecule has 0 fully saturated rings. The molecule has 4 heteroatoms. The fourth-order valence-corrected chi connectivity index (χ4v) is 1.12. The summed E-state index contributed by atoms with van der Waals surface area (Å²) in [6.45, 7) is 1.84. The molecule has 1 unspecified atom stereocenters. The molecule has 0 saturated carbocycles. The molecule has 0 spiro atoms. The van der Waals surface area contributed by atoms with Gasteiger partial charge in [0.1, 0.15) is 0 Å². The van der Waals surface area contributed by atoms with Crippen LogP contribution in [0.1, 0.15) is 18.4 Å². The van der Waals surface area contributed by atoms with E-state index >= 15 is 0 Å². The van der Waals surface area contributed by atoms with Crippen molar-refractivity contribution in [1.82, 2.24) is 14.6 Å². The minimum atomic E-state index is -0.138. The van der Waals surface area contributed by atoms with Crippen LogP contribution >= 0.6 is 0 Å². The number of aromatic nitrogens is 3. The van der Waals surface area contributed by atoms with E-state index in [-0.39, 0.29) is 5.92 Å². The van der Waals surface area contributed by atoms with Crippen molar-refractivity contribution in [2.75, 3.05) is 0 Å². The van der Waals surface area contributed by atoms with Crippen LogP contribution in [0.3, 0.4) is 0 Å². The van der Waals surface area contributed by atoms with Gasteiger partial charge in [-0.2, -0.15) is 10.4 Å². The summed E-state index contributed by atoms with van der Waals surface area (Å²) in [6.07, 6.45) is 5.23. The lowest BCUT2D eigenvalue weighted by atomic mass is 10.1. The minimum Gasteiger partial charge on any atom is -0.237 e. The largest absolute Gasteiger partial charge is 0.237 e. The summed E-state index contributed by atoms with van der Waals surface area (Å²) >= 11 is 0. The highest BCUT2D eigenvalue weighted by atomic mass is 15.2. The molecule has 2 rings (SSSR count). The quantitative estimate of drug-likeness (QED) is 0.652. The SMILES string of the molecule is CC(C#N)c1cnc2ccnn2c1. The van der Waals surface area contributed by atoms with Crippen molar-refractivity contribution in [3.8, 4) is 6.07 Å². The maximum atomic E-state index is 8.70. The Balaban J connectivity index is 2.55. The van der Waals surface area contributed by atoms with Gasteiger partial charge in [0, 0.05) is 24.0 Å². The van der Waals surface area contributed by atoms with Crippen LogP contribution in [0.2, 0.25) is 0 Å². The van der Waals surface area contributed by atoms with Crippen LogP contribution in [-0.4, -0.2) is 14.6 Å². The van der Waals surface area contributed by atoms with Gasteiger partial charge >= 0.3 is 0 Å². The smallest absolute Gasteiger partial charge is 0.154 e. The van der Waals surface area contributed by atoms with Crippen LogP contribution in [0.15, 0.2) is 24.7 Å². The van der Waals surface area contributed by atoms with E-state index in [0.717, 1.165) is 11.2 Å². The van der Waals surface area contributed by atoms with Crippen LogP contribution < -0.4 is 0 Å². The Hall–Kier alpha value is -1.89. The summed E-state index contributed by atoms with van der Waals surface area (Å²) in [5, 5.41) is 12.7. The topological polar surface area (TPSA) is 54.0 Å². The Morgan fingerprint density at radius 2 is 2.46 bits per heavy atom. The molecule has 0 amide bonds. The second kappa shape index (κ2) is 2.87. The van der Waals surface area contributed by atoms with Gasteiger partial charge in [0.25, 0.3) is 0 Å². The summed E-state index contributed by atoms with van der Waals surface area (Å²) < 4.78 is 1.67. The summed E-state index contributed by atoms with van der Waals surface area (Å²) in [5.41, 5.74) is 1.69. The van der Waals surface area contributed by atoms with Crippen molar-refractivity contribution < 1.29 is 0 Å². The van der Waals surface area contributed by atoms with Crippen molar-refractivity contribution in [3.05, 3.63) is 30.2 Å². The number of nitriles is 1. The van der Waals surface area contributed by atoms with E-state index in [1.165, 1.54) is 0 Å². The second-order valence-electron chi connectivity index (χ2n) is 2.87. The van der Waals surface area contributed by atoms with Gasteiger partial charge in [-0.1, -0.05) is 0 Å². The molecule has 1 atom stereocenters. The maximum Gasteiger partial charge on any atom is 0.154 e. The summed E-state index contributed by atoms with van der Waals surface area (Å²) in [5.74, 6) is -0.138. The molecule has 13 heavy (non-hydrogen) atoms. The number of nitrogens with zero attached hydrogens (tertiary/aromatic N) is 4. The Morgan fingerprint density at radius 3 is 3.23 bits per heavy atom. The molecule has 2 aromatic rings. The second-order valence-corrected chi connectivity index (χ2v) is 2.87. The molecule has 0 aliphatic heterocycles. The molecular formula is C9H8N4. The van der Waals surface area contributed by atoms with Crippen molar-refractivity contribution >= 4 is 5.65 Å². The summed E-state index contributed by atoms with van der Waals surface area (Å²) in [6, 6.07) is 3.98. The standard InChI is InChI=1S/C9H8N4/c1-7(4-10)8-5-11-9-2-3-12-13(9)6-8/h2-3,5-7H,1H3. The molecule has 0 aliphatic rings. The van der Waals surface area contributed by atoms with Crippen molar-refractivity contribution in [3.63, 3.8) is 0 Å². The molecule has 64 valence electrons. The monoisotopic (exact) mass is 172 g/mol. The molecule has 2 heterocycles. The van der Waals surface area contributed by atoms with Gasteiger partial charge in [-0.25, -0.2) is 9.50 Å². The molecule has 4 nitrogen and oxygen atoms in total. The average molecular weight is 172 g/mol. The molecule has 2 aromatic heterocycles. The fourth-order valence-electron chi connectivity index (χ4n) is 1.12. The lowest BCUT2D eigenvalue weighted by Gasteiger charge is -2.01. The lowest BCUT2D eigenvalue weighted by Crippen LogP contribution is -1.96. The Kier molecular flexibility index (Phi) is 1.71. The van der Waals surface area contributed by atoms with Gasteiger partial charge in [-0.15, -0.1) is 0 Å². The van der Waals surface area contributed by atoms with E-state index in [1.54, 1.807) is 16.9 Å². The first-order valence-electron chi connectivity index (χ1n) is 4.00. The third-order valence-corrected chi connectivity index (χ3v) is 1.96. The van der Waals surface area contributed by atoms with Gasteiger partial charge in [0.2, 0.25) is 0 Å². The number of rotatable bonds is 1. The molecule has 0 aliphatic carbocycles. The first kappa shape index (κ1) is 7.74. The molecule has 0 N–H and O–H groups in total. The predicted molar refractivity (Wildman–Crippen MR) is 47.0 cm³/mol. The van der Waals surface area contributed by atoms with Crippen molar-refractivity contribution in [1.29, 1.82) is 5.26 Å². The zero-order valence-corrected chi connectivity index (χ0v) is 7.18. The number of hydrogen-bond donors (Lipinski definition) is 0. The highest BCUT2D eigenvalue weighted by molar-refractivity contribution is 5.37. The predicted octanol–water partition coefficient (Wildman–Crippen LogP) is 1.36. The van der Waals surface area contributed by atoms with Crippen molar-refractivity contribution in [2.45, 2.75) is 12.8 Å². The van der Waals surface area contributed by atoms with E-state index in [9.17, 15) is 0 Å². The Labute approximate surface area is 75.4 Å². The van der Waals surface area contributed by atoms with Crippen LogP contribution in [0.4, 0.5) is 0 Å². The lowest BCUT2D eigenvalue weighted by molar-refractivity contribution is 0.879. The van der Waals surface area contributed by atoms with Crippen LogP contribution in [0, 0.1) is 11.3 Å². The molecule has 0 radical (unpaired) electrons. The first-order valence-corrected chi connectivity index (χ1v) is 4.00. The van der Waals surface area contributed by atoms with E-state index in [4.69, 9.17) is 5.26 Å². The Bertz CT molecular complexity index is 466. The highest BCUT2D eigenvalue weighted by Crippen LogP contribution is 2.12. The van der Waals surface area contributed by atoms with E-state index < -0.39 is 0 Å². The number of fused-ring (bicyclic) bond motifs is 1. The van der Waals surface area contributed by atoms with Gasteiger partial charge in [0.15, 0.2) is 5.65 Å². The van der Waals surface area contributed by atoms with Crippen molar-refractivity contribution in [2.24, 2.45) is 0 Å². The third-order valence-electron chi connectivity index (χ3n) is 1.96. The van der Waals surface area contributed by atoms with E-state index in [2.05, 4.69) is 16.2 Å². The average Bonchev–Trinajstić information content (AvgIpc) is 2.63. The Morgan fingerprint density at radius 1 is 1.62 bits per heavy atom. The van der Waals surface area contributed by atoms with E-state index in [0.29, 0.717) is 0 Å². The summed E-state index contributed by atoms with van der Waals surface area (Å²) in [7, 11) is 0. The van der Waals surface area contributed by atoms with E-state index in [1.807, 2.05) is 19.2 Å². The normalized spacial score (nSPS) is 12.6. The number of hydrogen-bond acceptors (Lipinski definition) is 3. The van der Waals surface area contributed by atoms with Crippen LogP contribution in [-0.2, 0) is 0 Å². The van der Waals surface area contributed by atoms with Gasteiger partial charge in [0.05, 0.1) is 18.2 Å². The molecule has 0 saturated heterocycles. The molecule has 0 aromatic carbocycles. The van der Waals surface area contributed by atoms with Gasteiger partial charge in [-0.05, 0) is 6.92 Å². The first-order chi connectivity index (χ1) is 6.31. The molecular weight excluding hydrogens is 164 g/mol. The van der Waals surface area contributed by atoms with Gasteiger partial charge < -0.3 is 0 Å². The maximum absolute atomic E-state index is 8.70. The van der Waals surface area contributed by atoms with Gasteiger partial charge in [-0.3, -0.25) is 0 Å². The van der Waals surface area contributed by atoms with Crippen LogP contribution in [0.25, 0.3) is 5.65 Å². The van der Waals surface area contributed by atoms with Crippen LogP contribution in [0.5, 0.6) is 0 Å². The third kappa shape index (κ3) is 1.25.